The van der Waals surface area contributed by atoms with Gasteiger partial charge >= 0.3 is 7.12 Å². The molecule has 0 saturated heterocycles. The minimum atomic E-state index is -1.44. The number of aliphatic imine (C=N–C) groups is 1. The van der Waals surface area contributed by atoms with Gasteiger partial charge in [-0.25, -0.2) is 0 Å². The van der Waals surface area contributed by atoms with Gasteiger partial charge in [-0.2, -0.15) is 0 Å². The molecule has 0 aliphatic carbocycles. The van der Waals surface area contributed by atoms with E-state index >= 15 is 0 Å². The van der Waals surface area contributed by atoms with Crippen LogP contribution in [-0.4, -0.2) is 30.5 Å². The highest BCUT2D eigenvalue weighted by Crippen LogP contribution is 2.36. The minimum Gasteiger partial charge on any atom is -0.494 e. The van der Waals surface area contributed by atoms with E-state index in [0.717, 1.165) is 22.6 Å². The highest BCUT2D eigenvalue weighted by Gasteiger charge is 2.17. The lowest BCUT2D eigenvalue weighted by molar-refractivity contribution is 0.415. The third-order valence-corrected chi connectivity index (χ3v) is 3.98. The van der Waals surface area contributed by atoms with Crippen molar-refractivity contribution in [3.8, 4) is 5.75 Å². The first-order valence-corrected chi connectivity index (χ1v) is 7.75. The molecular formula is C18H19BN2O3. The molecule has 0 saturated carbocycles. The third-order valence-electron chi connectivity index (χ3n) is 3.98. The lowest BCUT2D eigenvalue weighted by Gasteiger charge is -2.18. The second-order valence-electron chi connectivity index (χ2n) is 5.54. The van der Waals surface area contributed by atoms with E-state index in [2.05, 4.69) is 16.4 Å². The number of hydrogen-bond acceptors (Lipinski definition) is 5. The molecule has 5 nitrogen and oxygen atoms in total. The maximum Gasteiger partial charge on any atom is 0.488 e. The molecule has 2 aromatic carbocycles. The summed E-state index contributed by atoms with van der Waals surface area (Å²) in [7, 11) is 0.205. The maximum atomic E-state index is 9.14. The van der Waals surface area contributed by atoms with Gasteiger partial charge < -0.3 is 20.1 Å². The summed E-state index contributed by atoms with van der Waals surface area (Å²) in [6.45, 7) is 0.646. The van der Waals surface area contributed by atoms with E-state index in [1.165, 1.54) is 0 Å². The molecule has 1 heterocycles. The van der Waals surface area contributed by atoms with E-state index in [1.807, 2.05) is 36.4 Å². The first kappa shape index (κ1) is 16.5. The second kappa shape index (κ2) is 7.44. The molecule has 1 atom stereocenters. The summed E-state index contributed by atoms with van der Waals surface area (Å²) in [6.07, 6.45) is 5.74. The number of para-hydroxylation sites is 1. The SMILES string of the molecule is COc1cccc2c1N=CC=CC2NCc1ccc(B(O)O)cc1. The third kappa shape index (κ3) is 3.57. The Labute approximate surface area is 141 Å². The van der Waals surface area contributed by atoms with E-state index in [1.54, 1.807) is 25.5 Å². The standard InChI is InChI=1S/C18H19BN2O3/c1-24-17-6-2-4-15-16(5-3-11-20-18(15)17)21-12-13-7-9-14(10-8-13)19(22)23/h2-11,16,21-23H,12H2,1H3. The summed E-state index contributed by atoms with van der Waals surface area (Å²) in [5.41, 5.74) is 3.43. The maximum absolute atomic E-state index is 9.14. The van der Waals surface area contributed by atoms with Gasteiger partial charge in [0, 0.05) is 18.3 Å². The van der Waals surface area contributed by atoms with E-state index in [9.17, 15) is 0 Å². The molecule has 0 radical (unpaired) electrons. The van der Waals surface area contributed by atoms with E-state index in [-0.39, 0.29) is 6.04 Å². The zero-order valence-corrected chi connectivity index (χ0v) is 13.4. The number of hydrogen-bond donors (Lipinski definition) is 3. The van der Waals surface area contributed by atoms with Crippen molar-refractivity contribution in [2.24, 2.45) is 4.99 Å². The van der Waals surface area contributed by atoms with E-state index in [0.29, 0.717) is 12.0 Å². The Kier molecular flexibility index (Phi) is 5.10. The molecule has 1 unspecified atom stereocenters. The normalized spacial score (nSPS) is 15.7. The van der Waals surface area contributed by atoms with Gasteiger partial charge in [0.1, 0.15) is 11.4 Å². The van der Waals surface area contributed by atoms with Gasteiger partial charge in [0.25, 0.3) is 0 Å². The van der Waals surface area contributed by atoms with Crippen LogP contribution in [-0.2, 0) is 6.54 Å². The summed E-state index contributed by atoms with van der Waals surface area (Å²) in [5, 5.41) is 21.8. The van der Waals surface area contributed by atoms with E-state index in [4.69, 9.17) is 14.8 Å². The fraction of sp³-hybridized carbons (Fsp3) is 0.167. The molecule has 2 aromatic rings. The topological polar surface area (TPSA) is 74.1 Å². The highest BCUT2D eigenvalue weighted by atomic mass is 16.5. The predicted molar refractivity (Wildman–Crippen MR) is 96.1 cm³/mol. The predicted octanol–water partition coefficient (Wildman–Crippen LogP) is 1.48. The Balaban J connectivity index is 1.77. The van der Waals surface area contributed by atoms with Crippen molar-refractivity contribution >= 4 is 24.5 Å². The molecule has 0 aromatic heterocycles. The molecule has 3 rings (SSSR count). The molecule has 3 N–H and O–H groups in total. The van der Waals surface area contributed by atoms with Crippen LogP contribution in [0.25, 0.3) is 0 Å². The highest BCUT2D eigenvalue weighted by molar-refractivity contribution is 6.58. The quantitative estimate of drug-likeness (QED) is 0.729. The Morgan fingerprint density at radius 1 is 1.17 bits per heavy atom. The number of methoxy groups -OCH3 is 1. The van der Waals surface area contributed by atoms with Gasteiger partial charge in [0.05, 0.1) is 13.2 Å². The fourth-order valence-corrected chi connectivity index (χ4v) is 2.69. The van der Waals surface area contributed by atoms with Gasteiger partial charge in [-0.05, 0) is 23.2 Å². The van der Waals surface area contributed by atoms with Crippen molar-refractivity contribution in [3.63, 3.8) is 0 Å². The molecule has 0 spiro atoms. The van der Waals surface area contributed by atoms with Crippen molar-refractivity contribution in [1.82, 2.24) is 5.32 Å². The van der Waals surface area contributed by atoms with Crippen molar-refractivity contribution in [2.75, 3.05) is 7.11 Å². The van der Waals surface area contributed by atoms with Crippen LogP contribution >= 0.6 is 0 Å². The van der Waals surface area contributed by atoms with Crippen molar-refractivity contribution in [2.45, 2.75) is 12.6 Å². The number of nitrogens with one attached hydrogen (secondary N) is 1. The number of nitrogens with zero attached hydrogens (tertiary/aromatic N) is 1. The first-order chi connectivity index (χ1) is 11.7. The summed E-state index contributed by atoms with van der Waals surface area (Å²) in [5.74, 6) is 0.750. The lowest BCUT2D eigenvalue weighted by atomic mass is 9.80. The average molecular weight is 322 g/mol. The van der Waals surface area contributed by atoms with Crippen LogP contribution < -0.4 is 15.5 Å². The van der Waals surface area contributed by atoms with Crippen molar-refractivity contribution in [1.29, 1.82) is 0 Å². The first-order valence-electron chi connectivity index (χ1n) is 7.75. The lowest BCUT2D eigenvalue weighted by Crippen LogP contribution is -2.29. The summed E-state index contributed by atoms with van der Waals surface area (Å²) in [4.78, 5) is 4.46. The van der Waals surface area contributed by atoms with Gasteiger partial charge in [0.15, 0.2) is 0 Å². The summed E-state index contributed by atoms with van der Waals surface area (Å²) >= 11 is 0. The molecule has 0 bridgehead atoms. The number of allylic oxidation sites excluding steroid dienone is 1. The largest absolute Gasteiger partial charge is 0.494 e. The Bertz CT molecular complexity index is 757. The molecule has 0 fully saturated rings. The fourth-order valence-electron chi connectivity index (χ4n) is 2.69. The summed E-state index contributed by atoms with van der Waals surface area (Å²) in [6, 6.07) is 13.1. The number of fused-ring (bicyclic) bond motifs is 1. The Hall–Kier alpha value is -2.41. The summed E-state index contributed by atoms with van der Waals surface area (Å²) < 4.78 is 5.40. The Morgan fingerprint density at radius 3 is 2.67 bits per heavy atom. The van der Waals surface area contributed by atoms with Gasteiger partial charge in [0.2, 0.25) is 0 Å². The van der Waals surface area contributed by atoms with Crippen LogP contribution in [0.4, 0.5) is 5.69 Å². The number of ether oxygens (including phenoxy) is 1. The van der Waals surface area contributed by atoms with Crippen molar-refractivity contribution in [3.05, 3.63) is 65.7 Å². The Morgan fingerprint density at radius 2 is 1.96 bits per heavy atom. The minimum absolute atomic E-state index is 0.0145. The number of benzene rings is 2. The smallest absolute Gasteiger partial charge is 0.488 e. The monoisotopic (exact) mass is 322 g/mol. The van der Waals surface area contributed by atoms with Gasteiger partial charge in [-0.3, -0.25) is 4.99 Å². The van der Waals surface area contributed by atoms with E-state index < -0.39 is 7.12 Å². The van der Waals surface area contributed by atoms with Crippen LogP contribution in [0.5, 0.6) is 5.75 Å². The molecule has 122 valence electrons. The van der Waals surface area contributed by atoms with Crippen LogP contribution in [0.3, 0.4) is 0 Å². The number of rotatable bonds is 5. The average Bonchev–Trinajstić information content (AvgIpc) is 2.82. The van der Waals surface area contributed by atoms with Crippen LogP contribution in [0, 0.1) is 0 Å². The van der Waals surface area contributed by atoms with Crippen molar-refractivity contribution < 1.29 is 14.8 Å². The molecular weight excluding hydrogens is 303 g/mol. The molecule has 0 amide bonds. The molecule has 1 aliphatic rings. The molecule has 24 heavy (non-hydrogen) atoms. The van der Waals surface area contributed by atoms with Gasteiger partial charge in [-0.15, -0.1) is 0 Å². The van der Waals surface area contributed by atoms with Gasteiger partial charge in [-0.1, -0.05) is 42.5 Å². The van der Waals surface area contributed by atoms with Crippen LogP contribution in [0.2, 0.25) is 0 Å². The zero-order chi connectivity index (χ0) is 16.9. The van der Waals surface area contributed by atoms with Crippen LogP contribution in [0.15, 0.2) is 59.6 Å². The zero-order valence-electron chi connectivity index (χ0n) is 13.4. The molecule has 6 heteroatoms. The molecule has 1 aliphatic heterocycles. The second-order valence-corrected chi connectivity index (χ2v) is 5.54. The van der Waals surface area contributed by atoms with Crippen LogP contribution in [0.1, 0.15) is 17.2 Å².